The van der Waals surface area contributed by atoms with Gasteiger partial charge in [-0.3, -0.25) is 4.79 Å². The van der Waals surface area contributed by atoms with Crippen molar-refractivity contribution in [3.63, 3.8) is 0 Å². The molecule has 0 aliphatic rings. The number of nitrogens with two attached hydrogens (primary N) is 1. The van der Waals surface area contributed by atoms with Gasteiger partial charge >= 0.3 is 0 Å². The van der Waals surface area contributed by atoms with Gasteiger partial charge in [-0.25, -0.2) is 0 Å². The normalized spacial score (nSPS) is 9.80. The Morgan fingerprint density at radius 2 is 2.10 bits per heavy atom. The number of hydrogen-bond donors (Lipinski definition) is 2. The molecular weight excluding hydrogens is 250 g/mol. The van der Waals surface area contributed by atoms with Crippen molar-refractivity contribution in [2.45, 2.75) is 13.3 Å². The number of nitriles is 1. The number of anilines is 2. The Bertz CT molecular complexity index is 686. The molecule has 0 aromatic heterocycles. The highest BCUT2D eigenvalue weighted by atomic mass is 16.1. The second kappa shape index (κ2) is 5.89. The molecule has 2 aromatic carbocycles. The van der Waals surface area contributed by atoms with Crippen LogP contribution in [0.3, 0.4) is 0 Å². The zero-order chi connectivity index (χ0) is 14.5. The predicted octanol–water partition coefficient (Wildman–Crippen LogP) is 2.63. The Balaban J connectivity index is 2.07. The highest BCUT2D eigenvalue weighted by molar-refractivity contribution is 5.95. The quantitative estimate of drug-likeness (QED) is 0.837. The Morgan fingerprint density at radius 3 is 2.75 bits per heavy atom. The summed E-state index contributed by atoms with van der Waals surface area (Å²) in [6, 6.07) is 14.6. The fourth-order valence-corrected chi connectivity index (χ4v) is 1.95. The number of carbonyl (C=O) groups is 1. The van der Waals surface area contributed by atoms with Crippen LogP contribution in [-0.2, 0) is 11.2 Å². The average molecular weight is 265 g/mol. The van der Waals surface area contributed by atoms with Crippen LogP contribution in [0.4, 0.5) is 11.4 Å². The van der Waals surface area contributed by atoms with E-state index in [2.05, 4.69) is 5.32 Å². The summed E-state index contributed by atoms with van der Waals surface area (Å²) in [5, 5.41) is 11.5. The first-order valence-corrected chi connectivity index (χ1v) is 6.23. The van der Waals surface area contributed by atoms with Crippen molar-refractivity contribution >= 4 is 17.3 Å². The van der Waals surface area contributed by atoms with Gasteiger partial charge in [0.25, 0.3) is 0 Å². The highest BCUT2D eigenvalue weighted by Gasteiger charge is 2.07. The molecule has 2 rings (SSSR count). The maximum atomic E-state index is 12.0. The van der Waals surface area contributed by atoms with Crippen molar-refractivity contribution in [3.05, 3.63) is 59.2 Å². The van der Waals surface area contributed by atoms with Crippen molar-refractivity contribution in [2.75, 3.05) is 11.1 Å². The van der Waals surface area contributed by atoms with Gasteiger partial charge in [0, 0.05) is 0 Å². The van der Waals surface area contributed by atoms with Crippen LogP contribution in [0.5, 0.6) is 0 Å². The maximum absolute atomic E-state index is 12.0. The third-order valence-electron chi connectivity index (χ3n) is 2.90. The summed E-state index contributed by atoms with van der Waals surface area (Å²) >= 11 is 0. The summed E-state index contributed by atoms with van der Waals surface area (Å²) in [5.74, 6) is -0.132. The second-order valence-corrected chi connectivity index (χ2v) is 4.63. The van der Waals surface area contributed by atoms with Crippen molar-refractivity contribution in [2.24, 2.45) is 0 Å². The molecule has 0 heterocycles. The van der Waals surface area contributed by atoms with Gasteiger partial charge in [-0.15, -0.1) is 0 Å². The molecule has 0 bridgehead atoms. The Labute approximate surface area is 117 Å². The first kappa shape index (κ1) is 13.6. The van der Waals surface area contributed by atoms with Crippen LogP contribution >= 0.6 is 0 Å². The third-order valence-corrected chi connectivity index (χ3v) is 2.90. The maximum Gasteiger partial charge on any atom is 0.228 e. The van der Waals surface area contributed by atoms with E-state index in [4.69, 9.17) is 11.0 Å². The molecule has 0 aliphatic heterocycles. The Morgan fingerprint density at radius 1 is 1.30 bits per heavy atom. The van der Waals surface area contributed by atoms with Gasteiger partial charge in [0.2, 0.25) is 5.91 Å². The van der Waals surface area contributed by atoms with E-state index in [1.807, 2.05) is 37.3 Å². The van der Waals surface area contributed by atoms with Gasteiger partial charge in [0.05, 0.1) is 29.4 Å². The summed E-state index contributed by atoms with van der Waals surface area (Å²) < 4.78 is 0. The zero-order valence-electron chi connectivity index (χ0n) is 11.2. The van der Waals surface area contributed by atoms with Crippen molar-refractivity contribution in [3.8, 4) is 6.07 Å². The molecule has 0 radical (unpaired) electrons. The molecule has 0 atom stereocenters. The summed E-state index contributed by atoms with van der Waals surface area (Å²) in [6.07, 6.45) is 0.293. The highest BCUT2D eigenvalue weighted by Crippen LogP contribution is 2.19. The predicted molar refractivity (Wildman–Crippen MR) is 79.1 cm³/mol. The molecular formula is C16H15N3O. The average Bonchev–Trinajstić information content (AvgIpc) is 2.41. The van der Waals surface area contributed by atoms with Crippen LogP contribution in [0, 0.1) is 18.3 Å². The SMILES string of the molecule is Cc1cccc(CC(=O)Nc2ccc(C#N)cc2N)c1. The van der Waals surface area contributed by atoms with E-state index >= 15 is 0 Å². The van der Waals surface area contributed by atoms with Crippen LogP contribution in [-0.4, -0.2) is 5.91 Å². The first-order chi connectivity index (χ1) is 9.58. The van der Waals surface area contributed by atoms with Gasteiger partial charge < -0.3 is 11.1 Å². The van der Waals surface area contributed by atoms with Gasteiger partial charge in [0.1, 0.15) is 0 Å². The number of nitrogen functional groups attached to an aromatic ring is 1. The smallest absolute Gasteiger partial charge is 0.228 e. The fourth-order valence-electron chi connectivity index (χ4n) is 1.95. The number of rotatable bonds is 3. The lowest BCUT2D eigenvalue weighted by molar-refractivity contribution is -0.115. The van der Waals surface area contributed by atoms with Crippen molar-refractivity contribution in [1.82, 2.24) is 0 Å². The number of nitrogens with zero attached hydrogens (tertiary/aromatic N) is 1. The molecule has 2 aromatic rings. The lowest BCUT2D eigenvalue weighted by Gasteiger charge is -2.08. The Kier molecular flexibility index (Phi) is 4.02. The summed E-state index contributed by atoms with van der Waals surface area (Å²) in [4.78, 5) is 12.0. The lowest BCUT2D eigenvalue weighted by Crippen LogP contribution is -2.15. The minimum absolute atomic E-state index is 0.132. The molecule has 4 nitrogen and oxygen atoms in total. The largest absolute Gasteiger partial charge is 0.397 e. The second-order valence-electron chi connectivity index (χ2n) is 4.63. The summed E-state index contributed by atoms with van der Waals surface area (Å²) in [6.45, 7) is 1.99. The van der Waals surface area contributed by atoms with Gasteiger partial charge in [-0.1, -0.05) is 29.8 Å². The fraction of sp³-hybridized carbons (Fsp3) is 0.125. The molecule has 0 fully saturated rings. The van der Waals surface area contributed by atoms with Crippen molar-refractivity contribution in [1.29, 1.82) is 5.26 Å². The van der Waals surface area contributed by atoms with E-state index in [0.717, 1.165) is 11.1 Å². The Hall–Kier alpha value is -2.80. The number of carbonyl (C=O) groups excluding carboxylic acids is 1. The number of nitrogens with one attached hydrogen (secondary N) is 1. The van der Waals surface area contributed by atoms with Crippen LogP contribution in [0.2, 0.25) is 0 Å². The molecule has 0 saturated heterocycles. The molecule has 1 amide bonds. The molecule has 0 aliphatic carbocycles. The number of amides is 1. The van der Waals surface area contributed by atoms with E-state index in [1.165, 1.54) is 0 Å². The van der Waals surface area contributed by atoms with Crippen molar-refractivity contribution < 1.29 is 4.79 Å². The number of benzene rings is 2. The van der Waals surface area contributed by atoms with Crippen LogP contribution in [0.25, 0.3) is 0 Å². The molecule has 100 valence electrons. The number of hydrogen-bond acceptors (Lipinski definition) is 3. The monoisotopic (exact) mass is 265 g/mol. The minimum atomic E-state index is -0.132. The van der Waals surface area contributed by atoms with Crippen LogP contribution in [0.1, 0.15) is 16.7 Å². The third kappa shape index (κ3) is 3.36. The molecule has 0 unspecified atom stereocenters. The topological polar surface area (TPSA) is 78.9 Å². The van der Waals surface area contributed by atoms with E-state index in [9.17, 15) is 4.79 Å². The molecule has 0 spiro atoms. The zero-order valence-corrected chi connectivity index (χ0v) is 11.2. The van der Waals surface area contributed by atoms with E-state index in [0.29, 0.717) is 23.4 Å². The molecule has 0 saturated carbocycles. The van der Waals surface area contributed by atoms with E-state index < -0.39 is 0 Å². The molecule has 20 heavy (non-hydrogen) atoms. The van der Waals surface area contributed by atoms with Crippen LogP contribution in [0.15, 0.2) is 42.5 Å². The number of aryl methyl sites for hydroxylation is 1. The summed E-state index contributed by atoms with van der Waals surface area (Å²) in [7, 11) is 0. The first-order valence-electron chi connectivity index (χ1n) is 6.23. The minimum Gasteiger partial charge on any atom is -0.397 e. The van der Waals surface area contributed by atoms with Gasteiger partial charge in [-0.05, 0) is 30.7 Å². The van der Waals surface area contributed by atoms with E-state index in [-0.39, 0.29) is 5.91 Å². The molecule has 3 N–H and O–H groups in total. The standard InChI is InChI=1S/C16H15N3O/c1-11-3-2-4-12(7-11)9-16(20)19-15-6-5-13(10-17)8-14(15)18/h2-8H,9,18H2,1H3,(H,19,20). The van der Waals surface area contributed by atoms with Gasteiger partial charge in [-0.2, -0.15) is 5.26 Å². The van der Waals surface area contributed by atoms with E-state index in [1.54, 1.807) is 18.2 Å². The molecule has 4 heteroatoms. The van der Waals surface area contributed by atoms with Crippen LogP contribution < -0.4 is 11.1 Å². The van der Waals surface area contributed by atoms with Gasteiger partial charge in [0.15, 0.2) is 0 Å². The lowest BCUT2D eigenvalue weighted by atomic mass is 10.1. The summed E-state index contributed by atoms with van der Waals surface area (Å²) in [5.41, 5.74) is 9.26.